The molecule has 2 heterocycles. The number of aryl methyl sites for hydroxylation is 2. The molecule has 0 aromatic heterocycles. The van der Waals surface area contributed by atoms with E-state index >= 15 is 0 Å². The number of aliphatic imine (C=N–C) groups is 1. The largest absolute Gasteiger partial charge is 0.393 e. The molecule has 2 unspecified atom stereocenters. The van der Waals surface area contributed by atoms with Gasteiger partial charge in [-0.15, -0.1) is 0 Å². The number of hydrogen-bond donors (Lipinski definition) is 1. The number of nitrogens with zero attached hydrogens (tertiary/aromatic N) is 2. The van der Waals surface area contributed by atoms with Crippen molar-refractivity contribution in [2.45, 2.75) is 83.9 Å². The molecule has 2 aliphatic heterocycles. The third kappa shape index (κ3) is 5.96. The first-order valence-corrected chi connectivity index (χ1v) is 14.4. The fraction of sp³-hybridized carbons (Fsp3) is 0.692. The molecule has 200 valence electrons. The molecule has 0 bridgehead atoms. The van der Waals surface area contributed by atoms with Gasteiger partial charge in [0.1, 0.15) is 11.4 Å². The van der Waals surface area contributed by atoms with Gasteiger partial charge < -0.3 is 5.32 Å². The molecular weight excluding hydrogens is 491 g/mol. The Morgan fingerprint density at radius 2 is 1.78 bits per heavy atom. The highest BCUT2D eigenvalue weighted by molar-refractivity contribution is 7.89. The molecule has 36 heavy (non-hydrogen) atoms. The van der Waals surface area contributed by atoms with E-state index in [1.54, 1.807) is 13.8 Å². The number of rotatable bonds is 6. The van der Waals surface area contributed by atoms with Crippen molar-refractivity contribution in [3.05, 3.63) is 34.4 Å². The van der Waals surface area contributed by atoms with Gasteiger partial charge in [0.15, 0.2) is 0 Å². The zero-order chi connectivity index (χ0) is 26.3. The van der Waals surface area contributed by atoms with E-state index in [0.29, 0.717) is 29.9 Å². The van der Waals surface area contributed by atoms with Crippen molar-refractivity contribution >= 4 is 21.8 Å². The lowest BCUT2D eigenvalue weighted by atomic mass is 9.82. The van der Waals surface area contributed by atoms with Gasteiger partial charge >= 0.3 is 6.18 Å². The average Bonchev–Trinajstić information content (AvgIpc) is 3.08. The highest BCUT2D eigenvalue weighted by atomic mass is 32.2. The van der Waals surface area contributed by atoms with Crippen LogP contribution >= 0.6 is 0 Å². The van der Waals surface area contributed by atoms with Crippen molar-refractivity contribution in [3.8, 4) is 0 Å². The average molecular weight is 528 g/mol. The Kier molecular flexibility index (Phi) is 7.59. The van der Waals surface area contributed by atoms with Crippen LogP contribution < -0.4 is 5.32 Å². The first-order valence-electron chi connectivity index (χ1n) is 12.8. The number of carbonyl (C=O) groups excluding carboxylic acids is 1. The van der Waals surface area contributed by atoms with E-state index in [9.17, 15) is 26.4 Å². The normalized spacial score (nSPS) is 25.2. The molecule has 1 spiro atoms. The van der Waals surface area contributed by atoms with Gasteiger partial charge in [0.2, 0.25) is 10.0 Å². The summed E-state index contributed by atoms with van der Waals surface area (Å²) < 4.78 is 65.9. The van der Waals surface area contributed by atoms with Crippen molar-refractivity contribution in [3.63, 3.8) is 0 Å². The second-order valence-electron chi connectivity index (χ2n) is 10.9. The number of amides is 1. The molecule has 6 nitrogen and oxygen atoms in total. The maximum Gasteiger partial charge on any atom is 0.393 e. The maximum atomic E-state index is 13.1. The summed E-state index contributed by atoms with van der Waals surface area (Å²) in [5.74, 6) is 1.43. The predicted octanol–water partition coefficient (Wildman–Crippen LogP) is 4.47. The summed E-state index contributed by atoms with van der Waals surface area (Å²) in [5.41, 5.74) is 1.42. The predicted molar refractivity (Wildman–Crippen MR) is 133 cm³/mol. The highest BCUT2D eigenvalue weighted by Crippen LogP contribution is 2.36. The second-order valence-corrected chi connectivity index (χ2v) is 13.0. The van der Waals surface area contributed by atoms with E-state index in [0.717, 1.165) is 30.7 Å². The van der Waals surface area contributed by atoms with Gasteiger partial charge in [-0.3, -0.25) is 9.79 Å². The molecule has 1 aromatic rings. The van der Waals surface area contributed by atoms with Crippen LogP contribution in [-0.2, 0) is 27.7 Å². The number of benzene rings is 1. The monoisotopic (exact) mass is 527 g/mol. The quantitative estimate of drug-likeness (QED) is 0.593. The Morgan fingerprint density at radius 3 is 2.36 bits per heavy atom. The van der Waals surface area contributed by atoms with Gasteiger partial charge in [0.05, 0.1) is 12.2 Å². The standard InChI is InChI=1S/C26H36F3N3O3S/c1-17-5-4-6-21(13-17)23-30-24(33)25(31-23)8-10-32(11-9-25)36(34,35)12-7-22-18(2)14-20(15-19(22)3)16-26(27,28)29/h14-15,17,21H,4-13,16H2,1-3H3,(H,30,31,33). The van der Waals surface area contributed by atoms with Crippen LogP contribution in [0.2, 0.25) is 0 Å². The molecule has 1 aromatic carbocycles. The number of nitrogens with one attached hydrogen (secondary N) is 1. The van der Waals surface area contributed by atoms with Crippen LogP contribution in [0, 0.1) is 25.7 Å². The lowest BCUT2D eigenvalue weighted by Gasteiger charge is -2.34. The molecule has 1 saturated carbocycles. The number of piperidine rings is 1. The first kappa shape index (κ1) is 27.1. The summed E-state index contributed by atoms with van der Waals surface area (Å²) in [6, 6.07) is 2.99. The molecule has 0 radical (unpaired) electrons. The Morgan fingerprint density at radius 1 is 1.14 bits per heavy atom. The van der Waals surface area contributed by atoms with Gasteiger partial charge in [-0.2, -0.15) is 13.2 Å². The van der Waals surface area contributed by atoms with E-state index in [1.165, 1.54) is 22.9 Å². The maximum absolute atomic E-state index is 13.1. The van der Waals surface area contributed by atoms with Crippen LogP contribution in [0.5, 0.6) is 0 Å². The zero-order valence-corrected chi connectivity index (χ0v) is 22.1. The molecule has 3 aliphatic rings. The van der Waals surface area contributed by atoms with Gasteiger partial charge in [-0.25, -0.2) is 12.7 Å². The van der Waals surface area contributed by atoms with E-state index in [2.05, 4.69) is 12.2 Å². The number of halogens is 3. The molecule has 1 saturated heterocycles. The molecule has 1 amide bonds. The van der Waals surface area contributed by atoms with Crippen molar-refractivity contribution in [2.75, 3.05) is 18.8 Å². The van der Waals surface area contributed by atoms with Crippen molar-refractivity contribution in [1.29, 1.82) is 0 Å². The van der Waals surface area contributed by atoms with Gasteiger partial charge in [-0.1, -0.05) is 31.9 Å². The van der Waals surface area contributed by atoms with Gasteiger partial charge in [0, 0.05) is 19.0 Å². The fourth-order valence-electron chi connectivity index (χ4n) is 6.06. The summed E-state index contributed by atoms with van der Waals surface area (Å²) in [5, 5.41) is 3.01. The smallest absolute Gasteiger partial charge is 0.312 e. The Bertz CT molecular complexity index is 1120. The molecule has 4 rings (SSSR count). The minimum atomic E-state index is -4.29. The zero-order valence-electron chi connectivity index (χ0n) is 21.2. The number of amidine groups is 1. The number of carbonyl (C=O) groups is 1. The lowest BCUT2D eigenvalue weighted by molar-refractivity contribution is -0.127. The molecule has 1 aliphatic carbocycles. The van der Waals surface area contributed by atoms with Crippen LogP contribution in [0.25, 0.3) is 0 Å². The third-order valence-electron chi connectivity index (χ3n) is 8.04. The molecule has 2 atom stereocenters. The number of hydrogen-bond acceptors (Lipinski definition) is 4. The summed E-state index contributed by atoms with van der Waals surface area (Å²) in [7, 11) is -3.59. The van der Waals surface area contributed by atoms with Crippen LogP contribution in [0.15, 0.2) is 17.1 Å². The van der Waals surface area contributed by atoms with E-state index in [-0.39, 0.29) is 42.7 Å². The third-order valence-corrected chi connectivity index (χ3v) is 9.91. The lowest BCUT2D eigenvalue weighted by Crippen LogP contribution is -2.51. The summed E-state index contributed by atoms with van der Waals surface area (Å²) in [6.45, 7) is 6.14. The van der Waals surface area contributed by atoms with Crippen LogP contribution in [0.4, 0.5) is 13.2 Å². The summed E-state index contributed by atoms with van der Waals surface area (Å²) in [6.07, 6.45) is 0.0299. The Labute approximate surface area is 211 Å². The number of sulfonamides is 1. The van der Waals surface area contributed by atoms with Crippen LogP contribution in [0.3, 0.4) is 0 Å². The van der Waals surface area contributed by atoms with Crippen LogP contribution in [-0.4, -0.2) is 55.0 Å². The van der Waals surface area contributed by atoms with Gasteiger partial charge in [0.25, 0.3) is 5.91 Å². The minimum absolute atomic E-state index is 0.113. The summed E-state index contributed by atoms with van der Waals surface area (Å²) >= 11 is 0. The SMILES string of the molecule is Cc1cc(CC(F)(F)F)cc(C)c1CCS(=O)(=O)N1CCC2(CC1)N=C(C1CCCC(C)C1)NC2=O. The highest BCUT2D eigenvalue weighted by Gasteiger charge is 2.48. The van der Waals surface area contributed by atoms with E-state index < -0.39 is 28.2 Å². The van der Waals surface area contributed by atoms with Crippen molar-refractivity contribution in [1.82, 2.24) is 9.62 Å². The Hall–Kier alpha value is -1.94. The first-order chi connectivity index (χ1) is 16.8. The number of alkyl halides is 3. The van der Waals surface area contributed by atoms with Crippen molar-refractivity contribution < 1.29 is 26.4 Å². The summed E-state index contributed by atoms with van der Waals surface area (Å²) in [4.78, 5) is 17.7. The second kappa shape index (κ2) is 10.1. The molecular formula is C26H36F3N3O3S. The Balaban J connectivity index is 1.38. The topological polar surface area (TPSA) is 78.8 Å². The van der Waals surface area contributed by atoms with Gasteiger partial charge in [-0.05, 0) is 74.1 Å². The minimum Gasteiger partial charge on any atom is -0.312 e. The van der Waals surface area contributed by atoms with Crippen molar-refractivity contribution in [2.24, 2.45) is 16.8 Å². The fourth-order valence-corrected chi connectivity index (χ4v) is 7.52. The van der Waals surface area contributed by atoms with Crippen LogP contribution in [0.1, 0.15) is 67.7 Å². The molecule has 1 N–H and O–H groups in total. The van der Waals surface area contributed by atoms with E-state index in [4.69, 9.17) is 4.99 Å². The molecule has 10 heteroatoms. The molecule has 2 fully saturated rings. The van der Waals surface area contributed by atoms with E-state index in [1.807, 2.05) is 0 Å².